The summed E-state index contributed by atoms with van der Waals surface area (Å²) >= 11 is 6.20. The average molecular weight is 408 g/mol. The average Bonchev–Trinajstić information content (AvgIpc) is 2.73. The maximum Gasteiger partial charge on any atom is 0.336 e. The highest BCUT2D eigenvalue weighted by molar-refractivity contribution is 6.33. The molecule has 146 valence electrons. The number of anilines is 1. The third-order valence-electron chi connectivity index (χ3n) is 4.25. The van der Waals surface area contributed by atoms with Crippen molar-refractivity contribution >= 4 is 40.4 Å². The molecule has 0 fully saturated rings. The van der Waals surface area contributed by atoms with E-state index in [0.29, 0.717) is 16.4 Å². The zero-order valence-electron chi connectivity index (χ0n) is 15.8. The lowest BCUT2D eigenvalue weighted by Gasteiger charge is -2.11. The van der Waals surface area contributed by atoms with Gasteiger partial charge in [-0.1, -0.05) is 29.8 Å². The molecule has 0 saturated carbocycles. The van der Waals surface area contributed by atoms with E-state index in [4.69, 9.17) is 11.6 Å². The second kappa shape index (κ2) is 8.67. The lowest BCUT2D eigenvalue weighted by molar-refractivity contribution is 0.0693. The van der Waals surface area contributed by atoms with Gasteiger partial charge in [-0.3, -0.25) is 4.79 Å². The van der Waals surface area contributed by atoms with Crippen LogP contribution in [0, 0.1) is 0 Å². The van der Waals surface area contributed by atoms with E-state index in [1.54, 1.807) is 18.2 Å². The summed E-state index contributed by atoms with van der Waals surface area (Å²) in [7, 11) is 3.89. The topological polar surface area (TPSA) is 82.3 Å². The van der Waals surface area contributed by atoms with Gasteiger partial charge < -0.3 is 10.0 Å². The van der Waals surface area contributed by atoms with E-state index in [9.17, 15) is 14.7 Å². The largest absolute Gasteiger partial charge is 0.478 e. The molecule has 0 saturated heterocycles. The van der Waals surface area contributed by atoms with E-state index in [-0.39, 0.29) is 16.7 Å². The van der Waals surface area contributed by atoms with Crippen LogP contribution < -0.4 is 4.90 Å². The molecule has 0 bridgehead atoms. The van der Waals surface area contributed by atoms with Crippen LogP contribution in [0.15, 0.2) is 77.0 Å². The van der Waals surface area contributed by atoms with Gasteiger partial charge in [0.2, 0.25) is 0 Å². The number of nitrogens with zero attached hydrogens (tertiary/aromatic N) is 3. The molecular weight excluding hydrogens is 390 g/mol. The van der Waals surface area contributed by atoms with Crippen LogP contribution in [0.4, 0.5) is 17.1 Å². The van der Waals surface area contributed by atoms with E-state index in [0.717, 1.165) is 5.69 Å². The van der Waals surface area contributed by atoms with Crippen LogP contribution in [-0.2, 0) is 0 Å². The third-order valence-corrected chi connectivity index (χ3v) is 4.57. The van der Waals surface area contributed by atoms with Crippen molar-refractivity contribution in [1.82, 2.24) is 0 Å². The maximum atomic E-state index is 12.8. The molecule has 0 heterocycles. The highest BCUT2D eigenvalue weighted by Crippen LogP contribution is 2.29. The van der Waals surface area contributed by atoms with E-state index < -0.39 is 11.8 Å². The summed E-state index contributed by atoms with van der Waals surface area (Å²) in [6, 6.07) is 18.1. The molecule has 3 aromatic carbocycles. The Morgan fingerprint density at radius 2 is 1.55 bits per heavy atom. The van der Waals surface area contributed by atoms with Gasteiger partial charge in [-0.05, 0) is 48.5 Å². The number of carbonyl (C=O) groups excluding carboxylic acids is 1. The van der Waals surface area contributed by atoms with Gasteiger partial charge in [0.15, 0.2) is 5.78 Å². The monoisotopic (exact) mass is 407 g/mol. The number of carboxylic acid groups (broad SMARTS) is 1. The summed E-state index contributed by atoms with van der Waals surface area (Å²) in [5.74, 6) is -1.59. The first-order valence-electron chi connectivity index (χ1n) is 8.72. The van der Waals surface area contributed by atoms with Gasteiger partial charge in [0.05, 0.1) is 16.3 Å². The fourth-order valence-electron chi connectivity index (χ4n) is 2.68. The second-order valence-electron chi connectivity index (χ2n) is 6.46. The second-order valence-corrected chi connectivity index (χ2v) is 6.86. The molecule has 0 amide bonds. The molecule has 29 heavy (non-hydrogen) atoms. The number of carbonyl (C=O) groups is 2. The number of hydrogen-bond donors (Lipinski definition) is 1. The highest BCUT2D eigenvalue weighted by atomic mass is 35.5. The number of azo groups is 1. The van der Waals surface area contributed by atoms with Crippen molar-refractivity contribution in [3.05, 3.63) is 88.4 Å². The Bertz CT molecular complexity index is 1090. The van der Waals surface area contributed by atoms with Gasteiger partial charge in [-0.25, -0.2) is 4.79 Å². The predicted molar refractivity (Wildman–Crippen MR) is 113 cm³/mol. The van der Waals surface area contributed by atoms with Crippen LogP contribution in [0.3, 0.4) is 0 Å². The maximum absolute atomic E-state index is 12.8. The molecule has 3 rings (SSSR count). The van der Waals surface area contributed by atoms with Crippen LogP contribution in [0.2, 0.25) is 5.02 Å². The van der Waals surface area contributed by atoms with Crippen molar-refractivity contribution in [2.45, 2.75) is 0 Å². The molecule has 0 aliphatic heterocycles. The Hall–Kier alpha value is -3.51. The first kappa shape index (κ1) is 20.2. The minimum atomic E-state index is -1.16. The summed E-state index contributed by atoms with van der Waals surface area (Å²) in [5.41, 5.74) is 2.31. The van der Waals surface area contributed by atoms with Crippen LogP contribution in [0.1, 0.15) is 26.3 Å². The van der Waals surface area contributed by atoms with Gasteiger partial charge >= 0.3 is 5.97 Å². The van der Waals surface area contributed by atoms with E-state index in [1.165, 1.54) is 24.3 Å². The van der Waals surface area contributed by atoms with Crippen molar-refractivity contribution in [2.24, 2.45) is 10.2 Å². The molecule has 3 aromatic rings. The molecule has 0 aromatic heterocycles. The third kappa shape index (κ3) is 4.67. The molecule has 0 spiro atoms. The van der Waals surface area contributed by atoms with Gasteiger partial charge in [0.1, 0.15) is 5.69 Å². The first-order valence-corrected chi connectivity index (χ1v) is 9.10. The van der Waals surface area contributed by atoms with Gasteiger partial charge in [-0.2, -0.15) is 5.11 Å². The zero-order valence-corrected chi connectivity index (χ0v) is 16.6. The summed E-state index contributed by atoms with van der Waals surface area (Å²) < 4.78 is 0. The number of halogens is 1. The molecule has 0 atom stereocenters. The SMILES string of the molecule is CN(C)c1ccc(N=Nc2cc(C(=O)c3ccccc3C(=O)O)ccc2Cl)cc1. The Morgan fingerprint density at radius 3 is 2.17 bits per heavy atom. The van der Waals surface area contributed by atoms with Crippen molar-refractivity contribution in [2.75, 3.05) is 19.0 Å². The highest BCUT2D eigenvalue weighted by Gasteiger charge is 2.18. The predicted octanol–water partition coefficient (Wildman–Crippen LogP) is 5.75. The summed E-state index contributed by atoms with van der Waals surface area (Å²) in [4.78, 5) is 26.2. The molecule has 7 heteroatoms. The fourth-order valence-corrected chi connectivity index (χ4v) is 2.84. The molecule has 1 N–H and O–H groups in total. The van der Waals surface area contributed by atoms with Gasteiger partial charge in [0.25, 0.3) is 0 Å². The van der Waals surface area contributed by atoms with Crippen molar-refractivity contribution < 1.29 is 14.7 Å². The van der Waals surface area contributed by atoms with Crippen LogP contribution in [0.25, 0.3) is 0 Å². The minimum Gasteiger partial charge on any atom is -0.478 e. The molecule has 0 unspecified atom stereocenters. The zero-order chi connectivity index (χ0) is 21.0. The molecule has 0 radical (unpaired) electrons. The Balaban J connectivity index is 1.90. The van der Waals surface area contributed by atoms with Gasteiger partial charge in [-0.15, -0.1) is 5.11 Å². The fraction of sp³-hybridized carbons (Fsp3) is 0.0909. The normalized spacial score (nSPS) is 10.9. The summed E-state index contributed by atoms with van der Waals surface area (Å²) in [5, 5.41) is 18.0. The minimum absolute atomic E-state index is 0.0587. The number of carboxylic acids is 1. The Kier molecular flexibility index (Phi) is 6.04. The molecule has 0 aliphatic rings. The number of rotatable bonds is 6. The molecular formula is C22H18ClN3O3. The Morgan fingerprint density at radius 1 is 0.897 bits per heavy atom. The summed E-state index contributed by atoms with van der Waals surface area (Å²) in [6.07, 6.45) is 0. The number of aromatic carboxylic acids is 1. The van der Waals surface area contributed by atoms with Crippen LogP contribution >= 0.6 is 11.6 Å². The standard InChI is InChI=1S/C22H18ClN3O3/c1-26(2)16-10-8-15(9-11-16)24-25-20-13-14(7-12-19(20)23)21(27)17-5-3-4-6-18(17)22(28)29/h3-13H,1-2H3,(H,28,29). The van der Waals surface area contributed by atoms with E-state index >= 15 is 0 Å². The summed E-state index contributed by atoms with van der Waals surface area (Å²) in [6.45, 7) is 0. The van der Waals surface area contributed by atoms with Gasteiger partial charge in [0, 0.05) is 30.9 Å². The number of hydrogen-bond acceptors (Lipinski definition) is 5. The van der Waals surface area contributed by atoms with Crippen molar-refractivity contribution in [3.8, 4) is 0 Å². The van der Waals surface area contributed by atoms with Crippen molar-refractivity contribution in [1.29, 1.82) is 0 Å². The van der Waals surface area contributed by atoms with Crippen LogP contribution in [-0.4, -0.2) is 31.0 Å². The lowest BCUT2D eigenvalue weighted by atomic mass is 9.98. The van der Waals surface area contributed by atoms with Crippen molar-refractivity contribution in [3.63, 3.8) is 0 Å². The quantitative estimate of drug-likeness (QED) is 0.416. The number of benzene rings is 3. The number of ketones is 1. The first-order chi connectivity index (χ1) is 13.9. The molecule has 6 nitrogen and oxygen atoms in total. The Labute approximate surface area is 173 Å². The smallest absolute Gasteiger partial charge is 0.336 e. The van der Waals surface area contributed by atoms with Crippen LogP contribution in [0.5, 0.6) is 0 Å². The lowest BCUT2D eigenvalue weighted by Crippen LogP contribution is -2.09. The van der Waals surface area contributed by atoms with E-state index in [2.05, 4.69) is 10.2 Å². The van der Waals surface area contributed by atoms with E-state index in [1.807, 2.05) is 43.3 Å². The molecule has 0 aliphatic carbocycles.